The van der Waals surface area contributed by atoms with Gasteiger partial charge in [0.2, 0.25) is 0 Å². The predicted molar refractivity (Wildman–Crippen MR) is 250 cm³/mol. The third kappa shape index (κ3) is 8.27. The molecule has 290 valence electrons. The first-order valence-electron chi connectivity index (χ1n) is 20.7. The molecule has 9 aromatic rings. The lowest BCUT2D eigenvalue weighted by atomic mass is 9.84. The fourth-order valence-electron chi connectivity index (χ4n) is 8.12. The number of benzene rings is 9. The molecule has 0 saturated carbocycles. The van der Waals surface area contributed by atoms with Crippen molar-refractivity contribution in [3.8, 4) is 11.5 Å². The van der Waals surface area contributed by atoms with Gasteiger partial charge in [-0.1, -0.05) is 217 Å². The lowest BCUT2D eigenvalue weighted by Gasteiger charge is -2.27. The first-order chi connectivity index (χ1) is 29.6. The molecule has 0 spiro atoms. The van der Waals surface area contributed by atoms with Gasteiger partial charge in [-0.05, 0) is 70.8 Å². The molecule has 0 N–H and O–H groups in total. The zero-order valence-corrected chi connectivity index (χ0v) is 33.9. The molecule has 60 heavy (non-hydrogen) atoms. The number of allylic oxidation sites excluding steroid dienone is 2. The van der Waals surface area contributed by atoms with Crippen molar-refractivity contribution in [1.29, 1.82) is 0 Å². The summed E-state index contributed by atoms with van der Waals surface area (Å²) in [4.78, 5) is 0. The van der Waals surface area contributed by atoms with Crippen LogP contribution in [-0.2, 0) is 0 Å². The Morgan fingerprint density at radius 1 is 0.317 bits per heavy atom. The lowest BCUT2D eigenvalue weighted by Crippen LogP contribution is -2.11. The Labute approximate surface area is 353 Å². The molecular formula is C58H46O2. The highest BCUT2D eigenvalue weighted by Gasteiger charge is 2.27. The Hall–Kier alpha value is -7.42. The molecule has 0 fully saturated rings. The van der Waals surface area contributed by atoms with Crippen LogP contribution >= 0.6 is 0 Å². The largest absolute Gasteiger partial charge is 0.457 e. The van der Waals surface area contributed by atoms with Gasteiger partial charge in [-0.2, -0.15) is 0 Å². The zero-order valence-electron chi connectivity index (χ0n) is 33.9. The topological polar surface area (TPSA) is 18.5 Å². The zero-order chi connectivity index (χ0) is 40.7. The van der Waals surface area contributed by atoms with Crippen LogP contribution in [0.5, 0.6) is 11.5 Å². The minimum absolute atomic E-state index is 0.163. The van der Waals surface area contributed by atoms with Crippen molar-refractivity contribution >= 4 is 33.1 Å². The van der Waals surface area contributed by atoms with Gasteiger partial charge in [-0.25, -0.2) is 0 Å². The van der Waals surface area contributed by atoms with Crippen molar-refractivity contribution in [2.75, 3.05) is 0 Å². The van der Waals surface area contributed by atoms with E-state index in [0.717, 1.165) is 34.1 Å². The maximum Gasteiger partial charge on any atom is 0.132 e. The molecule has 9 aromatic carbocycles. The Kier molecular flexibility index (Phi) is 11.2. The fraction of sp³-hybridized carbons (Fsp3) is 0.0690. The van der Waals surface area contributed by atoms with Crippen molar-refractivity contribution in [3.63, 3.8) is 0 Å². The van der Waals surface area contributed by atoms with Gasteiger partial charge in [0.25, 0.3) is 0 Å². The molecule has 0 amide bonds. The van der Waals surface area contributed by atoms with E-state index in [1.807, 2.05) is 48.5 Å². The van der Waals surface area contributed by atoms with E-state index in [4.69, 9.17) is 9.47 Å². The summed E-state index contributed by atoms with van der Waals surface area (Å²) in [5.74, 6) is 4.06. The summed E-state index contributed by atoms with van der Waals surface area (Å²) in [5.41, 5.74) is 9.83. The van der Waals surface area contributed by atoms with Crippen LogP contribution in [0.25, 0.3) is 33.1 Å². The Bertz CT molecular complexity index is 2700. The van der Waals surface area contributed by atoms with E-state index in [1.165, 1.54) is 54.9 Å². The molecule has 0 aromatic heterocycles. The molecule has 2 aliphatic heterocycles. The molecule has 0 radical (unpaired) electrons. The standard InChI is InChI=1S/2C26H20O.C6H6/c2*1-18-11-13-20(14-12-18)23-17-25(21-8-3-2-4-9-21)27-24-16-15-19-7-5-6-10-22(19)26(23)24;1-2-4-6-5-3-1/h2*2-17,23H,1H3;1-6H/t2*23-;/m10./s1. The molecule has 2 heteroatoms. The van der Waals surface area contributed by atoms with Crippen LogP contribution in [0.15, 0.2) is 231 Å². The molecule has 0 saturated heterocycles. The van der Waals surface area contributed by atoms with Crippen LogP contribution in [0, 0.1) is 13.8 Å². The molecule has 0 bridgehead atoms. The van der Waals surface area contributed by atoms with Crippen LogP contribution in [0.1, 0.15) is 56.3 Å². The summed E-state index contributed by atoms with van der Waals surface area (Å²) in [7, 11) is 0. The second-order valence-electron chi connectivity index (χ2n) is 15.3. The predicted octanol–water partition coefficient (Wildman–Crippen LogP) is 15.1. The van der Waals surface area contributed by atoms with Crippen LogP contribution in [0.3, 0.4) is 0 Å². The first-order valence-corrected chi connectivity index (χ1v) is 20.7. The van der Waals surface area contributed by atoms with Crippen molar-refractivity contribution in [2.45, 2.75) is 25.7 Å². The quantitative estimate of drug-likeness (QED) is 0.177. The molecule has 11 rings (SSSR count). The van der Waals surface area contributed by atoms with E-state index >= 15 is 0 Å². The number of hydrogen-bond acceptors (Lipinski definition) is 2. The number of ether oxygens (including phenoxy) is 2. The van der Waals surface area contributed by atoms with Crippen LogP contribution in [-0.4, -0.2) is 0 Å². The van der Waals surface area contributed by atoms with Gasteiger partial charge in [0, 0.05) is 34.1 Å². The maximum atomic E-state index is 6.36. The summed E-state index contributed by atoms with van der Waals surface area (Å²) in [5, 5.41) is 5.00. The van der Waals surface area contributed by atoms with Gasteiger partial charge in [-0.15, -0.1) is 0 Å². The van der Waals surface area contributed by atoms with Gasteiger partial charge in [0.15, 0.2) is 0 Å². The van der Waals surface area contributed by atoms with Crippen LogP contribution < -0.4 is 9.47 Å². The summed E-state index contributed by atoms with van der Waals surface area (Å²) >= 11 is 0. The van der Waals surface area contributed by atoms with Crippen molar-refractivity contribution < 1.29 is 9.47 Å². The molecular weight excluding hydrogens is 729 g/mol. The number of hydrogen-bond donors (Lipinski definition) is 0. The van der Waals surface area contributed by atoms with Crippen molar-refractivity contribution in [2.24, 2.45) is 0 Å². The van der Waals surface area contributed by atoms with E-state index in [-0.39, 0.29) is 11.8 Å². The fourth-order valence-corrected chi connectivity index (χ4v) is 8.12. The monoisotopic (exact) mass is 774 g/mol. The number of fused-ring (bicyclic) bond motifs is 6. The second kappa shape index (κ2) is 17.6. The van der Waals surface area contributed by atoms with E-state index < -0.39 is 0 Å². The Balaban J connectivity index is 0.000000135. The first kappa shape index (κ1) is 38.1. The maximum absolute atomic E-state index is 6.36. The van der Waals surface area contributed by atoms with Crippen LogP contribution in [0.4, 0.5) is 0 Å². The minimum Gasteiger partial charge on any atom is -0.457 e. The highest BCUT2D eigenvalue weighted by molar-refractivity contribution is 5.92. The number of rotatable bonds is 4. The van der Waals surface area contributed by atoms with Crippen molar-refractivity contribution in [1.82, 2.24) is 0 Å². The smallest absolute Gasteiger partial charge is 0.132 e. The molecule has 2 nitrogen and oxygen atoms in total. The Morgan fingerprint density at radius 3 is 1.03 bits per heavy atom. The molecule has 2 aliphatic rings. The van der Waals surface area contributed by atoms with Gasteiger partial charge < -0.3 is 9.47 Å². The SMILES string of the molecule is Cc1ccc([C@@H]2C=C(c3ccccc3)Oc3ccc4ccccc4c32)cc1.Cc1ccc([C@H]2C=C(c3ccccc3)Oc3ccc4ccccc4c32)cc1.c1ccccc1. The van der Waals surface area contributed by atoms with Crippen molar-refractivity contribution in [3.05, 3.63) is 275 Å². The average molecular weight is 775 g/mol. The van der Waals surface area contributed by atoms with Gasteiger partial charge in [0.1, 0.15) is 23.0 Å². The summed E-state index contributed by atoms with van der Waals surface area (Å²) in [6.07, 6.45) is 4.52. The van der Waals surface area contributed by atoms with Gasteiger partial charge in [0.05, 0.1) is 0 Å². The normalized spacial score (nSPS) is 15.0. The van der Waals surface area contributed by atoms with E-state index in [9.17, 15) is 0 Å². The Morgan fingerprint density at radius 2 is 0.650 bits per heavy atom. The van der Waals surface area contributed by atoms with Gasteiger partial charge in [-0.3, -0.25) is 0 Å². The lowest BCUT2D eigenvalue weighted by molar-refractivity contribution is 0.494. The molecule has 0 aliphatic carbocycles. The highest BCUT2D eigenvalue weighted by atomic mass is 16.5. The van der Waals surface area contributed by atoms with E-state index in [0.29, 0.717) is 0 Å². The van der Waals surface area contributed by atoms with Gasteiger partial charge >= 0.3 is 0 Å². The highest BCUT2D eigenvalue weighted by Crippen LogP contribution is 2.46. The second-order valence-corrected chi connectivity index (χ2v) is 15.3. The van der Waals surface area contributed by atoms with Crippen LogP contribution in [0.2, 0.25) is 0 Å². The third-order valence-corrected chi connectivity index (χ3v) is 11.2. The third-order valence-electron chi connectivity index (χ3n) is 11.2. The summed E-state index contributed by atoms with van der Waals surface area (Å²) in [6, 6.07) is 76.0. The van der Waals surface area contributed by atoms with E-state index in [2.05, 4.69) is 196 Å². The van der Waals surface area contributed by atoms with E-state index in [1.54, 1.807) is 0 Å². The molecule has 2 heterocycles. The number of aryl methyl sites for hydroxylation is 2. The minimum atomic E-state index is 0.163. The average Bonchev–Trinajstić information content (AvgIpc) is 3.32. The summed E-state index contributed by atoms with van der Waals surface area (Å²) < 4.78 is 12.7. The molecule has 0 unspecified atom stereocenters. The molecule has 2 atom stereocenters. The summed E-state index contributed by atoms with van der Waals surface area (Å²) in [6.45, 7) is 4.25.